The zero-order valence-corrected chi connectivity index (χ0v) is 13.8. The average molecular weight is 308 g/mol. The molecule has 1 aromatic carbocycles. The van der Waals surface area contributed by atoms with Crippen LogP contribution in [0, 0.1) is 0 Å². The summed E-state index contributed by atoms with van der Waals surface area (Å²) in [4.78, 5) is 0. The number of nitrogens with two attached hydrogens (primary N) is 1. The van der Waals surface area contributed by atoms with Crippen LogP contribution in [0.3, 0.4) is 0 Å². The lowest BCUT2D eigenvalue weighted by molar-refractivity contribution is 0.555. The molecular weight excluding hydrogens is 284 g/mol. The van der Waals surface area contributed by atoms with Gasteiger partial charge in [0.2, 0.25) is 0 Å². The molecule has 1 aromatic heterocycles. The van der Waals surface area contributed by atoms with E-state index in [1.807, 2.05) is 16.8 Å². The summed E-state index contributed by atoms with van der Waals surface area (Å²) in [6, 6.07) is 8.26. The molecule has 2 rings (SSSR count). The third-order valence-electron chi connectivity index (χ3n) is 3.81. The van der Waals surface area contributed by atoms with Crippen LogP contribution >= 0.6 is 0 Å². The van der Waals surface area contributed by atoms with E-state index < -0.39 is 14.6 Å². The van der Waals surface area contributed by atoms with E-state index in [1.54, 1.807) is 20.8 Å². The summed E-state index contributed by atoms with van der Waals surface area (Å²) in [5.41, 5.74) is 7.85. The minimum Gasteiger partial charge on any atom is -0.346 e. The maximum Gasteiger partial charge on any atom is 0.156 e. The van der Waals surface area contributed by atoms with Gasteiger partial charge in [0.1, 0.15) is 0 Å². The first-order valence-corrected chi connectivity index (χ1v) is 8.90. The van der Waals surface area contributed by atoms with E-state index in [2.05, 4.69) is 18.2 Å². The Bertz CT molecular complexity index is 724. The molecule has 0 saturated carbocycles. The van der Waals surface area contributed by atoms with Gasteiger partial charge in [-0.05, 0) is 56.8 Å². The van der Waals surface area contributed by atoms with Gasteiger partial charge in [0.05, 0.1) is 10.5 Å². The van der Waals surface area contributed by atoms with Gasteiger partial charge in [-0.15, -0.1) is 0 Å². The molecule has 4 nitrogen and oxygen atoms in total. The van der Waals surface area contributed by atoms with Crippen molar-refractivity contribution in [1.29, 1.82) is 0 Å². The lowest BCUT2D eigenvalue weighted by Gasteiger charge is -2.19. The number of rotatable bonds is 5. The average Bonchev–Trinajstić information content (AvgIpc) is 2.78. The zero-order chi connectivity index (χ0) is 15.7. The highest BCUT2D eigenvalue weighted by atomic mass is 32.2. The molecule has 116 valence electrons. The van der Waals surface area contributed by atoms with Gasteiger partial charge < -0.3 is 10.3 Å². The fraction of sp³-hybridized carbons (Fsp3) is 0.500. The van der Waals surface area contributed by atoms with Gasteiger partial charge in [-0.2, -0.15) is 0 Å². The highest BCUT2D eigenvalue weighted by Crippen LogP contribution is 2.20. The molecule has 0 amide bonds. The van der Waals surface area contributed by atoms with Crippen molar-refractivity contribution in [2.45, 2.75) is 38.5 Å². The van der Waals surface area contributed by atoms with Crippen LogP contribution in [0.4, 0.5) is 0 Å². The van der Waals surface area contributed by atoms with Crippen molar-refractivity contribution >= 4 is 20.7 Å². The predicted molar refractivity (Wildman–Crippen MR) is 88.2 cm³/mol. The first kappa shape index (κ1) is 16.0. The van der Waals surface area contributed by atoms with Gasteiger partial charge in [0.15, 0.2) is 9.84 Å². The molecule has 1 heterocycles. The fourth-order valence-electron chi connectivity index (χ4n) is 2.27. The normalized spacial score (nSPS) is 13.0. The number of hydrogen-bond donors (Lipinski definition) is 1. The summed E-state index contributed by atoms with van der Waals surface area (Å²) in [7, 11) is -3.10. The van der Waals surface area contributed by atoms with Crippen LogP contribution in [0.25, 0.3) is 10.9 Å². The van der Waals surface area contributed by atoms with E-state index in [0.717, 1.165) is 17.3 Å². The number of fused-ring (bicyclic) bond motifs is 1. The largest absolute Gasteiger partial charge is 0.346 e. The monoisotopic (exact) mass is 308 g/mol. The minimum atomic E-state index is -3.10. The van der Waals surface area contributed by atoms with Crippen molar-refractivity contribution in [1.82, 2.24) is 4.57 Å². The molecular formula is C16H24N2O2S. The fourth-order valence-corrected chi connectivity index (χ4v) is 3.32. The van der Waals surface area contributed by atoms with Crippen LogP contribution in [-0.2, 0) is 22.8 Å². The highest BCUT2D eigenvalue weighted by molar-refractivity contribution is 7.92. The SMILES string of the molecule is CC(C)(C)S(=O)(=O)CCn1ccc2ccc(CCN)cc21. The van der Waals surface area contributed by atoms with Crippen LogP contribution < -0.4 is 5.73 Å². The number of hydrogen-bond acceptors (Lipinski definition) is 3. The second kappa shape index (κ2) is 5.81. The van der Waals surface area contributed by atoms with E-state index in [1.165, 1.54) is 5.56 Å². The number of nitrogens with zero attached hydrogens (tertiary/aromatic N) is 1. The lowest BCUT2D eigenvalue weighted by atomic mass is 10.1. The Morgan fingerprint density at radius 1 is 1.19 bits per heavy atom. The third-order valence-corrected chi connectivity index (χ3v) is 6.39. The highest BCUT2D eigenvalue weighted by Gasteiger charge is 2.28. The van der Waals surface area contributed by atoms with Crippen LogP contribution in [-0.4, -0.2) is 30.0 Å². The number of sulfone groups is 1. The maximum absolute atomic E-state index is 12.2. The Labute approximate surface area is 126 Å². The molecule has 0 bridgehead atoms. The van der Waals surface area contributed by atoms with E-state index >= 15 is 0 Å². The number of aryl methyl sites for hydroxylation is 1. The van der Waals surface area contributed by atoms with E-state index in [-0.39, 0.29) is 5.75 Å². The predicted octanol–water partition coefficient (Wildman–Crippen LogP) is 2.36. The Balaban J connectivity index is 2.25. The Hall–Kier alpha value is -1.33. The van der Waals surface area contributed by atoms with E-state index in [9.17, 15) is 8.42 Å². The smallest absolute Gasteiger partial charge is 0.156 e. The number of aromatic nitrogens is 1. The summed E-state index contributed by atoms with van der Waals surface area (Å²) < 4.78 is 25.8. The molecule has 2 N–H and O–H groups in total. The van der Waals surface area contributed by atoms with Gasteiger partial charge in [-0.3, -0.25) is 0 Å². The van der Waals surface area contributed by atoms with Gasteiger partial charge in [-0.25, -0.2) is 8.42 Å². The number of benzene rings is 1. The van der Waals surface area contributed by atoms with E-state index in [4.69, 9.17) is 5.73 Å². The van der Waals surface area contributed by atoms with Crippen molar-refractivity contribution in [2.75, 3.05) is 12.3 Å². The van der Waals surface area contributed by atoms with Crippen molar-refractivity contribution in [3.05, 3.63) is 36.0 Å². The molecule has 2 aromatic rings. The minimum absolute atomic E-state index is 0.154. The van der Waals surface area contributed by atoms with Crippen molar-refractivity contribution in [3.63, 3.8) is 0 Å². The second-order valence-corrected chi connectivity index (χ2v) is 9.23. The second-order valence-electron chi connectivity index (χ2n) is 6.37. The molecule has 0 spiro atoms. The molecule has 21 heavy (non-hydrogen) atoms. The van der Waals surface area contributed by atoms with Crippen LogP contribution in [0.1, 0.15) is 26.3 Å². The molecule has 0 aliphatic heterocycles. The summed E-state index contributed by atoms with van der Waals surface area (Å²) in [6.07, 6.45) is 2.79. The summed E-state index contributed by atoms with van der Waals surface area (Å²) in [6.45, 7) is 6.33. The Kier molecular flexibility index (Phi) is 4.44. The van der Waals surface area contributed by atoms with Gasteiger partial charge in [-0.1, -0.05) is 12.1 Å². The van der Waals surface area contributed by atoms with Crippen LogP contribution in [0.15, 0.2) is 30.5 Å². The quantitative estimate of drug-likeness (QED) is 0.922. The molecule has 0 aliphatic carbocycles. The standard InChI is InChI=1S/C16H24N2O2S/c1-16(2,3)21(19,20)11-10-18-9-7-14-5-4-13(6-8-17)12-15(14)18/h4-5,7,9,12H,6,8,10-11,17H2,1-3H3. The van der Waals surface area contributed by atoms with Gasteiger partial charge >= 0.3 is 0 Å². The summed E-state index contributed by atoms with van der Waals surface area (Å²) in [5, 5.41) is 1.13. The molecule has 0 aliphatic rings. The molecule has 5 heteroatoms. The Morgan fingerprint density at radius 2 is 1.90 bits per heavy atom. The summed E-state index contributed by atoms with van der Waals surface area (Å²) >= 11 is 0. The maximum atomic E-state index is 12.2. The molecule has 0 radical (unpaired) electrons. The zero-order valence-electron chi connectivity index (χ0n) is 13.0. The first-order chi connectivity index (χ1) is 9.74. The van der Waals surface area contributed by atoms with Crippen molar-refractivity contribution < 1.29 is 8.42 Å². The first-order valence-electron chi connectivity index (χ1n) is 7.25. The molecule has 0 atom stereocenters. The third kappa shape index (κ3) is 3.47. The lowest BCUT2D eigenvalue weighted by Crippen LogP contribution is -2.31. The molecule has 0 fully saturated rings. The summed E-state index contributed by atoms with van der Waals surface area (Å²) in [5.74, 6) is 0.154. The molecule has 0 saturated heterocycles. The van der Waals surface area contributed by atoms with Gasteiger partial charge in [0.25, 0.3) is 0 Å². The van der Waals surface area contributed by atoms with Crippen LogP contribution in [0.5, 0.6) is 0 Å². The van der Waals surface area contributed by atoms with Crippen molar-refractivity contribution in [2.24, 2.45) is 5.73 Å². The van der Waals surface area contributed by atoms with Crippen LogP contribution in [0.2, 0.25) is 0 Å². The van der Waals surface area contributed by atoms with E-state index in [0.29, 0.717) is 13.1 Å². The topological polar surface area (TPSA) is 65.1 Å². The van der Waals surface area contributed by atoms with Gasteiger partial charge in [0, 0.05) is 18.3 Å². The molecule has 0 unspecified atom stereocenters. The Morgan fingerprint density at radius 3 is 2.52 bits per heavy atom. The van der Waals surface area contributed by atoms with Crippen molar-refractivity contribution in [3.8, 4) is 0 Å².